The zero-order chi connectivity index (χ0) is 16.5. The zero-order valence-corrected chi connectivity index (χ0v) is 16.5. The minimum atomic E-state index is 1.10. The molecule has 0 spiro atoms. The third kappa shape index (κ3) is 6.72. The molecule has 0 N–H and O–H groups in total. The van der Waals surface area contributed by atoms with Gasteiger partial charge in [-0.3, -0.25) is 0 Å². The van der Waals surface area contributed by atoms with Crippen molar-refractivity contribution in [1.29, 1.82) is 0 Å². The summed E-state index contributed by atoms with van der Waals surface area (Å²) in [6.07, 6.45) is 30.9. The fourth-order valence-corrected chi connectivity index (χ4v) is 6.06. The lowest BCUT2D eigenvalue weighted by Gasteiger charge is -2.29. The van der Waals surface area contributed by atoms with Crippen molar-refractivity contribution in [3.8, 4) is 0 Å². The summed E-state index contributed by atoms with van der Waals surface area (Å²) < 4.78 is 0. The van der Waals surface area contributed by atoms with Gasteiger partial charge in [-0.2, -0.15) is 0 Å². The molecule has 0 heterocycles. The largest absolute Gasteiger partial charge is 0.0533 e. The van der Waals surface area contributed by atoms with Gasteiger partial charge in [0.1, 0.15) is 0 Å². The molecule has 0 aromatic carbocycles. The molecule has 140 valence electrons. The minimum absolute atomic E-state index is 1.10. The van der Waals surface area contributed by atoms with E-state index in [0.29, 0.717) is 0 Å². The molecule has 0 nitrogen and oxygen atoms in total. The molecule has 4 bridgehead atoms. The summed E-state index contributed by atoms with van der Waals surface area (Å²) in [4.78, 5) is 0. The van der Waals surface area contributed by atoms with Crippen LogP contribution >= 0.6 is 0 Å². The number of hydrogen-bond acceptors (Lipinski definition) is 0. The minimum Gasteiger partial charge on any atom is -0.0533 e. The van der Waals surface area contributed by atoms with E-state index < -0.39 is 0 Å². The topological polar surface area (TPSA) is 0 Å². The summed E-state index contributed by atoms with van der Waals surface area (Å²) in [5.74, 6) is 4.40. The molecule has 0 atom stereocenters. The van der Waals surface area contributed by atoms with E-state index >= 15 is 0 Å². The molecule has 6 rings (SSSR count). The molecule has 6 aliphatic rings. The van der Waals surface area contributed by atoms with Crippen LogP contribution < -0.4 is 0 Å². The number of rotatable bonds is 0. The SMILES string of the molecule is C1CCCC2CCC(CCCCCCC3CCC(CC1)CC3)CC2. The van der Waals surface area contributed by atoms with Gasteiger partial charge in [-0.05, 0) is 23.7 Å². The maximum atomic E-state index is 1.56. The molecular formula is C24H44. The van der Waals surface area contributed by atoms with Gasteiger partial charge in [0.05, 0.1) is 0 Å². The van der Waals surface area contributed by atoms with Crippen LogP contribution in [0.4, 0.5) is 0 Å². The Morgan fingerprint density at radius 3 is 0.625 bits per heavy atom. The van der Waals surface area contributed by atoms with E-state index in [1.165, 1.54) is 51.4 Å². The molecule has 24 heavy (non-hydrogen) atoms. The second-order valence-corrected chi connectivity index (χ2v) is 9.76. The van der Waals surface area contributed by atoms with E-state index in [1.54, 1.807) is 77.0 Å². The Balaban J connectivity index is 1.39. The van der Waals surface area contributed by atoms with Crippen molar-refractivity contribution in [1.82, 2.24) is 0 Å². The summed E-state index contributed by atoms with van der Waals surface area (Å²) in [5.41, 5.74) is 0. The van der Waals surface area contributed by atoms with Gasteiger partial charge < -0.3 is 0 Å². The van der Waals surface area contributed by atoms with Gasteiger partial charge in [0.25, 0.3) is 0 Å². The molecule has 6 saturated carbocycles. The molecule has 0 aromatic heterocycles. The van der Waals surface area contributed by atoms with E-state index in [2.05, 4.69) is 0 Å². The summed E-state index contributed by atoms with van der Waals surface area (Å²) in [6.45, 7) is 0. The van der Waals surface area contributed by atoms with Crippen LogP contribution in [0.2, 0.25) is 0 Å². The smallest absolute Gasteiger partial charge is 0.0414 e. The third-order valence-electron chi connectivity index (χ3n) is 7.88. The first-order chi connectivity index (χ1) is 11.9. The van der Waals surface area contributed by atoms with Gasteiger partial charge in [0.2, 0.25) is 0 Å². The molecule has 0 saturated heterocycles. The first kappa shape index (κ1) is 18.8. The Kier molecular flexibility index (Phi) is 8.51. The van der Waals surface area contributed by atoms with Crippen LogP contribution in [0.1, 0.15) is 128 Å². The molecule has 0 unspecified atom stereocenters. The molecule has 0 radical (unpaired) electrons. The predicted molar refractivity (Wildman–Crippen MR) is 106 cm³/mol. The molecule has 0 aromatic rings. The second-order valence-electron chi connectivity index (χ2n) is 9.76. The van der Waals surface area contributed by atoms with Gasteiger partial charge >= 0.3 is 0 Å². The van der Waals surface area contributed by atoms with Crippen LogP contribution in [-0.2, 0) is 0 Å². The van der Waals surface area contributed by atoms with Gasteiger partial charge in [-0.1, -0.05) is 128 Å². The lowest BCUT2D eigenvalue weighted by Crippen LogP contribution is -2.15. The monoisotopic (exact) mass is 332 g/mol. The lowest BCUT2D eigenvalue weighted by atomic mass is 9.77. The van der Waals surface area contributed by atoms with Crippen molar-refractivity contribution in [2.75, 3.05) is 0 Å². The van der Waals surface area contributed by atoms with Crippen LogP contribution in [0.25, 0.3) is 0 Å². The average molecular weight is 333 g/mol. The van der Waals surface area contributed by atoms with E-state index in [4.69, 9.17) is 0 Å². The van der Waals surface area contributed by atoms with Crippen LogP contribution in [-0.4, -0.2) is 0 Å². The summed E-state index contributed by atoms with van der Waals surface area (Å²) in [7, 11) is 0. The number of hydrogen-bond donors (Lipinski definition) is 0. The quantitative estimate of drug-likeness (QED) is 0.418. The fraction of sp³-hybridized carbons (Fsp3) is 1.00. The Bertz CT molecular complexity index is 240. The summed E-state index contributed by atoms with van der Waals surface area (Å²) >= 11 is 0. The highest BCUT2D eigenvalue weighted by molar-refractivity contribution is 4.75. The Morgan fingerprint density at radius 2 is 0.417 bits per heavy atom. The standard InChI is InChI=1S/C24H44/c1-2-6-10-22-17-19-24(20-18-22)12-8-4-3-7-11-23-15-13-21(9-5-1)14-16-23/h21-24H,1-20H2. The third-order valence-corrected chi connectivity index (χ3v) is 7.88. The molecule has 6 fully saturated rings. The van der Waals surface area contributed by atoms with E-state index in [0.717, 1.165) is 23.7 Å². The van der Waals surface area contributed by atoms with Gasteiger partial charge in [-0.15, -0.1) is 0 Å². The Labute approximate surface area is 152 Å². The normalized spacial score (nSPS) is 38.0. The lowest BCUT2D eigenvalue weighted by molar-refractivity contribution is 0.234. The highest BCUT2D eigenvalue weighted by atomic mass is 14.3. The summed E-state index contributed by atoms with van der Waals surface area (Å²) in [5, 5.41) is 0. The first-order valence-corrected chi connectivity index (χ1v) is 11.9. The molecule has 0 heteroatoms. The fourth-order valence-electron chi connectivity index (χ4n) is 6.06. The molecule has 0 aliphatic heterocycles. The van der Waals surface area contributed by atoms with Crippen LogP contribution in [0.5, 0.6) is 0 Å². The van der Waals surface area contributed by atoms with Gasteiger partial charge in [0, 0.05) is 0 Å². The first-order valence-electron chi connectivity index (χ1n) is 11.9. The zero-order valence-electron chi connectivity index (χ0n) is 16.5. The van der Waals surface area contributed by atoms with E-state index in [-0.39, 0.29) is 0 Å². The maximum Gasteiger partial charge on any atom is -0.0414 e. The molecular weight excluding hydrogens is 288 g/mol. The van der Waals surface area contributed by atoms with Gasteiger partial charge in [-0.25, -0.2) is 0 Å². The van der Waals surface area contributed by atoms with Crippen LogP contribution in [0, 0.1) is 23.7 Å². The van der Waals surface area contributed by atoms with Crippen molar-refractivity contribution < 1.29 is 0 Å². The molecule has 6 aliphatic carbocycles. The maximum absolute atomic E-state index is 1.56. The predicted octanol–water partition coefficient (Wildman–Crippen LogP) is 8.29. The van der Waals surface area contributed by atoms with E-state index in [9.17, 15) is 0 Å². The van der Waals surface area contributed by atoms with Crippen molar-refractivity contribution >= 4 is 0 Å². The highest BCUT2D eigenvalue weighted by Crippen LogP contribution is 2.36. The summed E-state index contributed by atoms with van der Waals surface area (Å²) in [6, 6.07) is 0. The Hall–Kier alpha value is 0. The van der Waals surface area contributed by atoms with Crippen LogP contribution in [0.3, 0.4) is 0 Å². The van der Waals surface area contributed by atoms with Gasteiger partial charge in [0.15, 0.2) is 0 Å². The van der Waals surface area contributed by atoms with Crippen molar-refractivity contribution in [2.45, 2.75) is 128 Å². The Morgan fingerprint density at radius 1 is 0.208 bits per heavy atom. The molecule has 0 amide bonds. The van der Waals surface area contributed by atoms with Crippen LogP contribution in [0.15, 0.2) is 0 Å². The van der Waals surface area contributed by atoms with Crippen molar-refractivity contribution in [3.05, 3.63) is 0 Å². The van der Waals surface area contributed by atoms with E-state index in [1.807, 2.05) is 0 Å². The van der Waals surface area contributed by atoms with Crippen molar-refractivity contribution in [2.24, 2.45) is 23.7 Å². The highest BCUT2D eigenvalue weighted by Gasteiger charge is 2.22. The second kappa shape index (κ2) is 10.9. The average Bonchev–Trinajstić information content (AvgIpc) is 2.62. The van der Waals surface area contributed by atoms with Crippen molar-refractivity contribution in [3.63, 3.8) is 0 Å².